The molecule has 3 rings (SSSR count). The maximum atomic E-state index is 11.1. The van der Waals surface area contributed by atoms with Crippen LogP contribution in [0.1, 0.15) is 16.1 Å². The zero-order valence-electron chi connectivity index (χ0n) is 13.7. The fraction of sp³-hybridized carbons (Fsp3) is 0. The van der Waals surface area contributed by atoms with E-state index >= 15 is 0 Å². The van der Waals surface area contributed by atoms with Gasteiger partial charge in [-0.05, 0) is 54.7 Å². The summed E-state index contributed by atoms with van der Waals surface area (Å²) in [5, 5.41) is 16.7. The van der Waals surface area contributed by atoms with Crippen molar-refractivity contribution in [1.82, 2.24) is 9.99 Å². The van der Waals surface area contributed by atoms with E-state index in [0.29, 0.717) is 5.11 Å². The van der Waals surface area contributed by atoms with Gasteiger partial charge in [-0.2, -0.15) is 5.10 Å². The summed E-state index contributed by atoms with van der Waals surface area (Å²) in [4.78, 5) is 11.1. The minimum Gasteiger partial charge on any atom is -0.478 e. The number of aromatic carboxylic acids is 1. The Balaban J connectivity index is 1.69. The van der Waals surface area contributed by atoms with E-state index in [1.807, 2.05) is 59.3 Å². The molecule has 0 fully saturated rings. The standard InChI is InChI=1S/C19H16N4O2S/c24-18(25)14-6-4-9-16(12-14)23-11-5-10-17(23)13-20-22-19(26)21-15-7-2-1-3-8-15/h1-13H,(H,24,25)(H2,21,22,26). The van der Waals surface area contributed by atoms with Gasteiger partial charge in [0.05, 0.1) is 17.5 Å². The topological polar surface area (TPSA) is 78.6 Å². The van der Waals surface area contributed by atoms with Crippen molar-refractivity contribution in [3.8, 4) is 5.69 Å². The number of aromatic nitrogens is 1. The number of thiocarbonyl (C=S) groups is 1. The van der Waals surface area contributed by atoms with Crippen LogP contribution in [0.2, 0.25) is 0 Å². The predicted molar refractivity (Wildman–Crippen MR) is 106 cm³/mol. The van der Waals surface area contributed by atoms with Crippen LogP contribution in [-0.2, 0) is 0 Å². The number of nitrogens with zero attached hydrogens (tertiary/aromatic N) is 2. The number of benzene rings is 2. The molecule has 0 aliphatic carbocycles. The van der Waals surface area contributed by atoms with E-state index in [0.717, 1.165) is 17.1 Å². The summed E-state index contributed by atoms with van der Waals surface area (Å²) in [6, 6.07) is 20.0. The van der Waals surface area contributed by atoms with Crippen LogP contribution in [0, 0.1) is 0 Å². The number of para-hydroxylation sites is 1. The van der Waals surface area contributed by atoms with Crippen molar-refractivity contribution in [3.63, 3.8) is 0 Å². The molecule has 0 atom stereocenters. The van der Waals surface area contributed by atoms with Crippen molar-refractivity contribution in [2.24, 2.45) is 5.10 Å². The van der Waals surface area contributed by atoms with E-state index in [1.165, 1.54) is 0 Å². The number of rotatable bonds is 5. The summed E-state index contributed by atoms with van der Waals surface area (Å²) in [6.07, 6.45) is 3.45. The molecule has 0 saturated carbocycles. The van der Waals surface area contributed by atoms with Crippen LogP contribution in [0.4, 0.5) is 5.69 Å². The number of carbonyl (C=O) groups is 1. The second kappa shape index (κ2) is 8.09. The number of anilines is 1. The van der Waals surface area contributed by atoms with Gasteiger partial charge in [-0.3, -0.25) is 5.43 Å². The summed E-state index contributed by atoms with van der Waals surface area (Å²) < 4.78 is 1.84. The smallest absolute Gasteiger partial charge is 0.335 e. The molecule has 0 radical (unpaired) electrons. The Morgan fingerprint density at radius 1 is 1.08 bits per heavy atom. The third-order valence-electron chi connectivity index (χ3n) is 3.55. The lowest BCUT2D eigenvalue weighted by molar-refractivity contribution is 0.0697. The molecule has 0 aliphatic heterocycles. The van der Waals surface area contributed by atoms with Gasteiger partial charge in [0, 0.05) is 17.6 Å². The van der Waals surface area contributed by atoms with Crippen LogP contribution >= 0.6 is 12.2 Å². The highest BCUT2D eigenvalue weighted by molar-refractivity contribution is 7.80. The summed E-state index contributed by atoms with van der Waals surface area (Å²) in [5.74, 6) is -0.965. The Morgan fingerprint density at radius 3 is 2.65 bits per heavy atom. The van der Waals surface area contributed by atoms with Gasteiger partial charge in [0.2, 0.25) is 0 Å². The molecule has 0 amide bonds. The quantitative estimate of drug-likeness (QED) is 0.367. The Morgan fingerprint density at radius 2 is 1.88 bits per heavy atom. The van der Waals surface area contributed by atoms with Crippen molar-refractivity contribution in [2.75, 3.05) is 5.32 Å². The van der Waals surface area contributed by atoms with Crippen molar-refractivity contribution >= 4 is 35.2 Å². The summed E-state index contributed by atoms with van der Waals surface area (Å²) in [5.41, 5.74) is 5.37. The molecule has 1 aromatic heterocycles. The number of carboxylic acid groups (broad SMARTS) is 1. The lowest BCUT2D eigenvalue weighted by atomic mass is 10.2. The molecular weight excluding hydrogens is 348 g/mol. The van der Waals surface area contributed by atoms with Crippen molar-refractivity contribution in [3.05, 3.63) is 84.2 Å². The van der Waals surface area contributed by atoms with Gasteiger partial charge in [-0.25, -0.2) is 4.79 Å². The highest BCUT2D eigenvalue weighted by Crippen LogP contribution is 2.14. The van der Waals surface area contributed by atoms with Crippen LogP contribution in [0.25, 0.3) is 5.69 Å². The monoisotopic (exact) mass is 364 g/mol. The lowest BCUT2D eigenvalue weighted by Crippen LogP contribution is -2.23. The summed E-state index contributed by atoms with van der Waals surface area (Å²) >= 11 is 5.19. The van der Waals surface area contributed by atoms with Crippen LogP contribution in [-0.4, -0.2) is 27.0 Å². The number of hydrogen-bond acceptors (Lipinski definition) is 3. The van der Waals surface area contributed by atoms with Crippen molar-refractivity contribution in [1.29, 1.82) is 0 Å². The first-order chi connectivity index (χ1) is 12.6. The zero-order chi connectivity index (χ0) is 18.4. The molecule has 3 aromatic rings. The average Bonchev–Trinajstić information content (AvgIpc) is 3.11. The SMILES string of the molecule is O=C(O)c1cccc(-n2cccc2C=NNC(=S)Nc2ccccc2)c1. The van der Waals surface area contributed by atoms with E-state index in [-0.39, 0.29) is 5.56 Å². The molecule has 7 heteroatoms. The summed E-state index contributed by atoms with van der Waals surface area (Å²) in [7, 11) is 0. The Hall–Kier alpha value is -3.45. The van der Waals surface area contributed by atoms with Gasteiger partial charge in [0.1, 0.15) is 0 Å². The third-order valence-corrected chi connectivity index (χ3v) is 3.74. The maximum Gasteiger partial charge on any atom is 0.335 e. The largest absolute Gasteiger partial charge is 0.478 e. The minimum absolute atomic E-state index is 0.227. The second-order valence-corrected chi connectivity index (χ2v) is 5.76. The number of nitrogens with one attached hydrogen (secondary N) is 2. The van der Waals surface area contributed by atoms with Gasteiger partial charge in [0.25, 0.3) is 0 Å². The van der Waals surface area contributed by atoms with E-state index in [2.05, 4.69) is 15.8 Å². The van der Waals surface area contributed by atoms with Gasteiger partial charge in [-0.1, -0.05) is 24.3 Å². The molecular formula is C19H16N4O2S. The highest BCUT2D eigenvalue weighted by Gasteiger charge is 2.06. The lowest BCUT2D eigenvalue weighted by Gasteiger charge is -2.08. The van der Waals surface area contributed by atoms with Crippen molar-refractivity contribution < 1.29 is 9.90 Å². The number of hydrogen-bond donors (Lipinski definition) is 3. The van der Waals surface area contributed by atoms with Gasteiger partial charge in [0.15, 0.2) is 5.11 Å². The van der Waals surface area contributed by atoms with Crippen LogP contribution < -0.4 is 10.7 Å². The van der Waals surface area contributed by atoms with E-state index in [9.17, 15) is 4.79 Å². The van der Waals surface area contributed by atoms with Crippen LogP contribution in [0.3, 0.4) is 0 Å². The van der Waals surface area contributed by atoms with Crippen molar-refractivity contribution in [2.45, 2.75) is 0 Å². The first-order valence-corrected chi connectivity index (χ1v) is 8.20. The molecule has 0 saturated heterocycles. The van der Waals surface area contributed by atoms with Crippen LogP contribution in [0.15, 0.2) is 78.0 Å². The second-order valence-electron chi connectivity index (χ2n) is 5.35. The number of hydrazone groups is 1. The molecule has 26 heavy (non-hydrogen) atoms. The fourth-order valence-electron chi connectivity index (χ4n) is 2.36. The van der Waals surface area contributed by atoms with E-state index < -0.39 is 5.97 Å². The zero-order valence-corrected chi connectivity index (χ0v) is 14.5. The Bertz CT molecular complexity index is 951. The first-order valence-electron chi connectivity index (χ1n) is 7.80. The number of carboxylic acids is 1. The molecule has 0 unspecified atom stereocenters. The van der Waals surface area contributed by atoms with Gasteiger partial charge in [-0.15, -0.1) is 0 Å². The fourth-order valence-corrected chi connectivity index (χ4v) is 2.53. The summed E-state index contributed by atoms with van der Waals surface area (Å²) in [6.45, 7) is 0. The molecule has 130 valence electrons. The molecule has 3 N–H and O–H groups in total. The third kappa shape index (κ3) is 4.34. The Kier molecular flexibility index (Phi) is 5.40. The highest BCUT2D eigenvalue weighted by atomic mass is 32.1. The molecule has 6 nitrogen and oxygen atoms in total. The molecule has 0 bridgehead atoms. The molecule has 0 aliphatic rings. The van der Waals surface area contributed by atoms with Crippen LogP contribution in [0.5, 0.6) is 0 Å². The molecule has 1 heterocycles. The average molecular weight is 364 g/mol. The predicted octanol–water partition coefficient (Wildman–Crippen LogP) is 3.50. The normalized spacial score (nSPS) is 10.6. The molecule has 0 spiro atoms. The maximum absolute atomic E-state index is 11.1. The minimum atomic E-state index is -0.965. The Labute approximate surface area is 155 Å². The van der Waals surface area contributed by atoms with Gasteiger partial charge >= 0.3 is 5.97 Å². The van der Waals surface area contributed by atoms with E-state index in [1.54, 1.807) is 24.4 Å². The molecule has 2 aromatic carbocycles. The van der Waals surface area contributed by atoms with Gasteiger partial charge < -0.3 is 15.0 Å². The first kappa shape index (κ1) is 17.4. The van der Waals surface area contributed by atoms with E-state index in [4.69, 9.17) is 17.3 Å².